The molecule has 0 atom stereocenters. The predicted octanol–water partition coefficient (Wildman–Crippen LogP) is 5.15. The molecule has 1 aromatic heterocycles. The summed E-state index contributed by atoms with van der Waals surface area (Å²) in [7, 11) is 1.64. The Morgan fingerprint density at radius 2 is 1.54 bits per heavy atom. The lowest BCUT2D eigenvalue weighted by atomic mass is 9.97. The normalized spacial score (nSPS) is 10.5. The summed E-state index contributed by atoms with van der Waals surface area (Å²) in [4.78, 5) is 8.79. The van der Waals surface area contributed by atoms with E-state index in [0.29, 0.717) is 5.82 Å². The molecule has 0 unspecified atom stereocenters. The van der Waals surface area contributed by atoms with Gasteiger partial charge in [-0.25, -0.2) is 4.98 Å². The molecule has 4 aromatic rings. The molecule has 4 rings (SSSR count). The highest BCUT2D eigenvalue weighted by Gasteiger charge is 2.11. The fraction of sp³-hybridized carbons (Fsp3) is 0.0435. The van der Waals surface area contributed by atoms with Gasteiger partial charge >= 0.3 is 0 Å². The van der Waals surface area contributed by atoms with Crippen LogP contribution >= 0.6 is 0 Å². The van der Waals surface area contributed by atoms with E-state index < -0.39 is 0 Å². The number of rotatable bonds is 5. The highest BCUT2D eigenvalue weighted by atomic mass is 16.5. The van der Waals surface area contributed by atoms with Crippen LogP contribution in [-0.4, -0.2) is 17.1 Å². The molecule has 28 heavy (non-hydrogen) atoms. The standard InChI is InChI=1S/C23H20N4O/c1-28-18-11-7-10-17(14-18)25-22-15-21(26-23(24)27-22)20-13-6-5-12-19(20)16-8-3-2-4-9-16/h2-15H,1H3,(H3,24,25,26,27). The molecule has 1 heterocycles. The average molecular weight is 368 g/mol. The molecule has 0 radical (unpaired) electrons. The number of hydrogen-bond acceptors (Lipinski definition) is 5. The van der Waals surface area contributed by atoms with Crippen molar-refractivity contribution in [3.63, 3.8) is 0 Å². The third-order valence-corrected chi connectivity index (χ3v) is 4.37. The van der Waals surface area contributed by atoms with Gasteiger partial charge in [-0.3, -0.25) is 0 Å². The fourth-order valence-electron chi connectivity index (χ4n) is 3.09. The summed E-state index contributed by atoms with van der Waals surface area (Å²) >= 11 is 0. The molecule has 3 aromatic carbocycles. The summed E-state index contributed by atoms with van der Waals surface area (Å²) in [6.07, 6.45) is 0. The second kappa shape index (κ2) is 7.80. The van der Waals surface area contributed by atoms with Crippen molar-refractivity contribution in [1.82, 2.24) is 9.97 Å². The van der Waals surface area contributed by atoms with E-state index in [9.17, 15) is 0 Å². The van der Waals surface area contributed by atoms with E-state index in [4.69, 9.17) is 10.5 Å². The number of aromatic nitrogens is 2. The number of ether oxygens (including phenoxy) is 1. The van der Waals surface area contributed by atoms with Gasteiger partial charge < -0.3 is 15.8 Å². The topological polar surface area (TPSA) is 73.1 Å². The van der Waals surface area contributed by atoms with Crippen molar-refractivity contribution in [3.05, 3.63) is 84.9 Å². The van der Waals surface area contributed by atoms with Crippen molar-refractivity contribution in [2.24, 2.45) is 0 Å². The molecule has 5 heteroatoms. The van der Waals surface area contributed by atoms with Crippen LogP contribution in [0.5, 0.6) is 5.75 Å². The summed E-state index contributed by atoms with van der Waals surface area (Å²) < 4.78 is 5.28. The van der Waals surface area contributed by atoms with E-state index in [1.54, 1.807) is 7.11 Å². The minimum Gasteiger partial charge on any atom is -0.497 e. The third kappa shape index (κ3) is 3.78. The van der Waals surface area contributed by atoms with Crippen molar-refractivity contribution in [2.45, 2.75) is 0 Å². The Morgan fingerprint density at radius 1 is 0.786 bits per heavy atom. The summed E-state index contributed by atoms with van der Waals surface area (Å²) in [6.45, 7) is 0. The number of methoxy groups -OCH3 is 1. The Labute approximate surface area is 163 Å². The Balaban J connectivity index is 1.74. The van der Waals surface area contributed by atoms with Gasteiger partial charge in [-0.2, -0.15) is 4.98 Å². The van der Waals surface area contributed by atoms with Gasteiger partial charge in [0.25, 0.3) is 0 Å². The smallest absolute Gasteiger partial charge is 0.222 e. The van der Waals surface area contributed by atoms with Crippen LogP contribution in [0.25, 0.3) is 22.4 Å². The maximum absolute atomic E-state index is 6.01. The minimum atomic E-state index is 0.214. The highest BCUT2D eigenvalue weighted by molar-refractivity contribution is 5.83. The first-order chi connectivity index (χ1) is 13.7. The van der Waals surface area contributed by atoms with Gasteiger partial charge in [-0.1, -0.05) is 60.7 Å². The number of nitrogens with zero attached hydrogens (tertiary/aromatic N) is 2. The molecule has 0 amide bonds. The van der Waals surface area contributed by atoms with Crippen LogP contribution in [0.4, 0.5) is 17.5 Å². The summed E-state index contributed by atoms with van der Waals surface area (Å²) in [6, 6.07) is 27.9. The van der Waals surface area contributed by atoms with Crippen molar-refractivity contribution in [3.8, 4) is 28.1 Å². The number of nitrogen functional groups attached to an aromatic ring is 1. The summed E-state index contributed by atoms with van der Waals surface area (Å²) in [5.74, 6) is 1.60. The summed E-state index contributed by atoms with van der Waals surface area (Å²) in [5, 5.41) is 3.28. The van der Waals surface area contributed by atoms with Gasteiger partial charge in [0.05, 0.1) is 12.8 Å². The van der Waals surface area contributed by atoms with Gasteiger partial charge in [0.1, 0.15) is 11.6 Å². The number of hydrogen-bond donors (Lipinski definition) is 2. The van der Waals surface area contributed by atoms with Crippen LogP contribution in [0.15, 0.2) is 84.9 Å². The van der Waals surface area contributed by atoms with Crippen molar-refractivity contribution >= 4 is 17.5 Å². The van der Waals surface area contributed by atoms with Crippen LogP contribution in [0, 0.1) is 0 Å². The van der Waals surface area contributed by atoms with Crippen molar-refractivity contribution in [1.29, 1.82) is 0 Å². The lowest BCUT2D eigenvalue weighted by Gasteiger charge is -2.12. The molecule has 0 saturated carbocycles. The Morgan fingerprint density at radius 3 is 2.32 bits per heavy atom. The van der Waals surface area contributed by atoms with Crippen LogP contribution in [0.3, 0.4) is 0 Å². The van der Waals surface area contributed by atoms with Gasteiger partial charge in [0.15, 0.2) is 0 Å². The van der Waals surface area contributed by atoms with Gasteiger partial charge in [-0.05, 0) is 23.3 Å². The number of nitrogens with two attached hydrogens (primary N) is 1. The molecule has 3 N–H and O–H groups in total. The second-order valence-corrected chi connectivity index (χ2v) is 6.27. The molecule has 0 aliphatic carbocycles. The molecule has 138 valence electrons. The molecular weight excluding hydrogens is 348 g/mol. The van der Waals surface area contributed by atoms with Crippen molar-refractivity contribution < 1.29 is 4.74 Å². The first-order valence-corrected chi connectivity index (χ1v) is 8.93. The number of benzene rings is 3. The molecule has 0 saturated heterocycles. The summed E-state index contributed by atoms with van der Waals surface area (Å²) in [5.41, 5.74) is 10.8. The van der Waals surface area contributed by atoms with E-state index in [1.165, 1.54) is 0 Å². The van der Waals surface area contributed by atoms with E-state index >= 15 is 0 Å². The maximum atomic E-state index is 6.01. The predicted molar refractivity (Wildman–Crippen MR) is 114 cm³/mol. The first kappa shape index (κ1) is 17.5. The van der Waals surface area contributed by atoms with E-state index in [-0.39, 0.29) is 5.95 Å². The zero-order valence-corrected chi connectivity index (χ0v) is 15.5. The van der Waals surface area contributed by atoms with Crippen LogP contribution < -0.4 is 15.8 Å². The Kier molecular flexibility index (Phi) is 4.89. The molecular formula is C23H20N4O. The lowest BCUT2D eigenvalue weighted by Crippen LogP contribution is -2.02. The number of nitrogens with one attached hydrogen (secondary N) is 1. The average Bonchev–Trinajstić information content (AvgIpc) is 2.74. The SMILES string of the molecule is COc1cccc(Nc2cc(-c3ccccc3-c3ccccc3)nc(N)n2)c1. The first-order valence-electron chi connectivity index (χ1n) is 8.93. The van der Waals surface area contributed by atoms with E-state index in [2.05, 4.69) is 33.5 Å². The number of anilines is 3. The Bertz CT molecular complexity index is 1100. The van der Waals surface area contributed by atoms with Gasteiger partial charge in [0, 0.05) is 23.4 Å². The lowest BCUT2D eigenvalue weighted by molar-refractivity contribution is 0.415. The molecule has 0 bridgehead atoms. The van der Waals surface area contributed by atoms with Gasteiger partial charge in [0.2, 0.25) is 5.95 Å². The third-order valence-electron chi connectivity index (χ3n) is 4.37. The van der Waals surface area contributed by atoms with E-state index in [1.807, 2.05) is 66.7 Å². The molecule has 5 nitrogen and oxygen atoms in total. The zero-order valence-electron chi connectivity index (χ0n) is 15.5. The maximum Gasteiger partial charge on any atom is 0.222 e. The molecule has 0 spiro atoms. The van der Waals surface area contributed by atoms with E-state index in [0.717, 1.165) is 33.8 Å². The van der Waals surface area contributed by atoms with Crippen molar-refractivity contribution in [2.75, 3.05) is 18.2 Å². The Hall–Kier alpha value is -3.86. The van der Waals surface area contributed by atoms with Crippen LogP contribution in [0.1, 0.15) is 0 Å². The second-order valence-electron chi connectivity index (χ2n) is 6.27. The zero-order chi connectivity index (χ0) is 19.3. The van der Waals surface area contributed by atoms with Crippen LogP contribution in [0.2, 0.25) is 0 Å². The van der Waals surface area contributed by atoms with Gasteiger partial charge in [-0.15, -0.1) is 0 Å². The highest BCUT2D eigenvalue weighted by Crippen LogP contribution is 2.32. The largest absolute Gasteiger partial charge is 0.497 e. The minimum absolute atomic E-state index is 0.214. The molecule has 0 aliphatic rings. The quantitative estimate of drug-likeness (QED) is 0.510. The molecule has 0 aliphatic heterocycles. The monoisotopic (exact) mass is 368 g/mol. The fourth-order valence-corrected chi connectivity index (χ4v) is 3.09. The van der Waals surface area contributed by atoms with Crippen LogP contribution in [-0.2, 0) is 0 Å². The molecule has 0 fully saturated rings.